The Balaban J connectivity index is 1.29. The highest BCUT2D eigenvalue weighted by molar-refractivity contribution is 5.78. The van der Waals surface area contributed by atoms with Gasteiger partial charge in [-0.3, -0.25) is 14.7 Å². The highest BCUT2D eigenvalue weighted by Crippen LogP contribution is 2.32. The number of piperazine rings is 1. The molecule has 2 aromatic rings. The van der Waals surface area contributed by atoms with E-state index in [4.69, 9.17) is 9.47 Å². The molecule has 4 rings (SSSR count). The van der Waals surface area contributed by atoms with E-state index in [2.05, 4.69) is 16.0 Å². The van der Waals surface area contributed by atoms with E-state index >= 15 is 0 Å². The summed E-state index contributed by atoms with van der Waals surface area (Å²) in [5, 5.41) is 0. The fourth-order valence-electron chi connectivity index (χ4n) is 3.24. The first-order chi connectivity index (χ1) is 12.3. The Bertz CT molecular complexity index is 743. The zero-order chi connectivity index (χ0) is 17.1. The van der Waals surface area contributed by atoms with Crippen LogP contribution in [0.3, 0.4) is 0 Å². The summed E-state index contributed by atoms with van der Waals surface area (Å²) in [6.07, 6.45) is 3.91. The van der Waals surface area contributed by atoms with E-state index in [1.807, 2.05) is 29.2 Å². The van der Waals surface area contributed by atoms with Crippen LogP contribution in [0, 0.1) is 0 Å². The predicted molar refractivity (Wildman–Crippen MR) is 92.4 cm³/mol. The van der Waals surface area contributed by atoms with Gasteiger partial charge in [0, 0.05) is 45.1 Å². The topological polar surface area (TPSA) is 54.9 Å². The van der Waals surface area contributed by atoms with Crippen molar-refractivity contribution in [2.45, 2.75) is 13.0 Å². The number of ether oxygens (including phenoxy) is 2. The molecule has 0 atom stereocenters. The highest BCUT2D eigenvalue weighted by Gasteiger charge is 2.22. The third kappa shape index (κ3) is 3.74. The molecule has 0 aliphatic carbocycles. The number of fused-ring (bicyclic) bond motifs is 1. The van der Waals surface area contributed by atoms with Gasteiger partial charge in [-0.1, -0.05) is 12.1 Å². The molecule has 1 amide bonds. The van der Waals surface area contributed by atoms with Crippen LogP contribution in [0.5, 0.6) is 11.5 Å². The van der Waals surface area contributed by atoms with Gasteiger partial charge in [0.05, 0.1) is 6.42 Å². The average Bonchev–Trinajstić information content (AvgIpc) is 3.11. The molecule has 0 unspecified atom stereocenters. The van der Waals surface area contributed by atoms with Crippen LogP contribution in [0.4, 0.5) is 0 Å². The summed E-state index contributed by atoms with van der Waals surface area (Å²) < 4.78 is 10.8. The minimum absolute atomic E-state index is 0.177. The van der Waals surface area contributed by atoms with Gasteiger partial charge in [0.15, 0.2) is 11.5 Å². The van der Waals surface area contributed by atoms with Crippen molar-refractivity contribution in [3.63, 3.8) is 0 Å². The van der Waals surface area contributed by atoms with Gasteiger partial charge in [-0.05, 0) is 29.3 Å². The summed E-state index contributed by atoms with van der Waals surface area (Å²) in [6.45, 7) is 4.46. The molecule has 0 bridgehead atoms. The Morgan fingerprint density at radius 1 is 1.04 bits per heavy atom. The van der Waals surface area contributed by atoms with Gasteiger partial charge in [-0.25, -0.2) is 0 Å². The fourth-order valence-corrected chi connectivity index (χ4v) is 3.24. The maximum absolute atomic E-state index is 12.4. The van der Waals surface area contributed by atoms with E-state index in [-0.39, 0.29) is 5.91 Å². The van der Waals surface area contributed by atoms with Crippen LogP contribution >= 0.6 is 0 Å². The van der Waals surface area contributed by atoms with Gasteiger partial charge in [-0.15, -0.1) is 0 Å². The van der Waals surface area contributed by atoms with E-state index in [1.54, 1.807) is 12.4 Å². The van der Waals surface area contributed by atoms with Gasteiger partial charge in [-0.2, -0.15) is 0 Å². The Morgan fingerprint density at radius 3 is 2.68 bits per heavy atom. The lowest BCUT2D eigenvalue weighted by Gasteiger charge is -2.34. The SMILES string of the molecule is O=C(Cc1cccnc1)N1CCN(Cc2ccc3c(c2)OCO3)CC1. The monoisotopic (exact) mass is 339 g/mol. The predicted octanol–water partition coefficient (Wildman–Crippen LogP) is 1.70. The number of pyridine rings is 1. The maximum Gasteiger partial charge on any atom is 0.231 e. The van der Waals surface area contributed by atoms with Crippen LogP contribution < -0.4 is 9.47 Å². The van der Waals surface area contributed by atoms with E-state index in [0.717, 1.165) is 49.8 Å². The number of carbonyl (C=O) groups excluding carboxylic acids is 1. The van der Waals surface area contributed by atoms with Crippen LogP contribution in [0.15, 0.2) is 42.7 Å². The number of benzene rings is 1. The van der Waals surface area contributed by atoms with Crippen molar-refractivity contribution in [2.24, 2.45) is 0 Å². The highest BCUT2D eigenvalue weighted by atomic mass is 16.7. The Labute approximate surface area is 147 Å². The first-order valence-electron chi connectivity index (χ1n) is 8.55. The lowest BCUT2D eigenvalue weighted by atomic mass is 10.1. The average molecular weight is 339 g/mol. The third-order valence-electron chi connectivity index (χ3n) is 4.65. The number of nitrogens with zero attached hydrogens (tertiary/aromatic N) is 3. The molecule has 1 fully saturated rings. The molecule has 6 nitrogen and oxygen atoms in total. The third-order valence-corrected chi connectivity index (χ3v) is 4.65. The maximum atomic E-state index is 12.4. The molecule has 130 valence electrons. The number of aromatic nitrogens is 1. The summed E-state index contributed by atoms with van der Waals surface area (Å²) in [7, 11) is 0. The normalized spacial score (nSPS) is 16.9. The van der Waals surface area contributed by atoms with E-state index in [9.17, 15) is 4.79 Å². The van der Waals surface area contributed by atoms with Crippen molar-refractivity contribution in [2.75, 3.05) is 33.0 Å². The smallest absolute Gasteiger partial charge is 0.231 e. The molecule has 3 heterocycles. The van der Waals surface area contributed by atoms with Crippen molar-refractivity contribution in [3.8, 4) is 11.5 Å². The number of rotatable bonds is 4. The van der Waals surface area contributed by atoms with Crippen LogP contribution in [0.25, 0.3) is 0 Å². The summed E-state index contributed by atoms with van der Waals surface area (Å²) in [5.41, 5.74) is 2.18. The molecule has 6 heteroatoms. The minimum atomic E-state index is 0.177. The molecule has 1 aromatic heterocycles. The van der Waals surface area contributed by atoms with E-state index < -0.39 is 0 Å². The molecule has 0 saturated carbocycles. The number of amides is 1. The minimum Gasteiger partial charge on any atom is -0.454 e. The second-order valence-electron chi connectivity index (χ2n) is 6.38. The van der Waals surface area contributed by atoms with Gasteiger partial charge in [0.25, 0.3) is 0 Å². The van der Waals surface area contributed by atoms with Crippen LogP contribution in [0.1, 0.15) is 11.1 Å². The molecule has 0 N–H and O–H groups in total. The number of hydrogen-bond acceptors (Lipinski definition) is 5. The molecule has 1 aromatic carbocycles. The number of hydrogen-bond donors (Lipinski definition) is 0. The first-order valence-corrected chi connectivity index (χ1v) is 8.55. The molecular weight excluding hydrogens is 318 g/mol. The molecular formula is C19H21N3O3. The van der Waals surface area contributed by atoms with Crippen molar-refractivity contribution in [3.05, 3.63) is 53.9 Å². The van der Waals surface area contributed by atoms with Gasteiger partial charge >= 0.3 is 0 Å². The van der Waals surface area contributed by atoms with Crippen LogP contribution in [0.2, 0.25) is 0 Å². The largest absolute Gasteiger partial charge is 0.454 e. The molecule has 0 spiro atoms. The van der Waals surface area contributed by atoms with Crippen molar-refractivity contribution >= 4 is 5.91 Å². The first kappa shape index (κ1) is 15.9. The van der Waals surface area contributed by atoms with E-state index in [1.165, 1.54) is 5.56 Å². The summed E-state index contributed by atoms with van der Waals surface area (Å²) in [4.78, 5) is 20.8. The van der Waals surface area contributed by atoms with Gasteiger partial charge < -0.3 is 14.4 Å². The summed E-state index contributed by atoms with van der Waals surface area (Å²) in [5.74, 6) is 1.81. The molecule has 2 aliphatic rings. The van der Waals surface area contributed by atoms with E-state index in [0.29, 0.717) is 13.2 Å². The van der Waals surface area contributed by atoms with Crippen LogP contribution in [-0.2, 0) is 17.8 Å². The molecule has 25 heavy (non-hydrogen) atoms. The second kappa shape index (κ2) is 7.11. The Kier molecular flexibility index (Phi) is 4.52. The lowest BCUT2D eigenvalue weighted by Crippen LogP contribution is -2.48. The summed E-state index contributed by atoms with van der Waals surface area (Å²) in [6, 6.07) is 9.90. The zero-order valence-corrected chi connectivity index (χ0v) is 14.1. The second-order valence-corrected chi connectivity index (χ2v) is 6.38. The lowest BCUT2D eigenvalue weighted by molar-refractivity contribution is -0.132. The van der Waals surface area contributed by atoms with Gasteiger partial charge in [0.1, 0.15) is 0 Å². The zero-order valence-electron chi connectivity index (χ0n) is 14.1. The molecule has 2 aliphatic heterocycles. The molecule has 0 radical (unpaired) electrons. The number of carbonyl (C=O) groups is 1. The fraction of sp³-hybridized carbons (Fsp3) is 0.368. The molecule has 1 saturated heterocycles. The van der Waals surface area contributed by atoms with Crippen molar-refractivity contribution in [1.82, 2.24) is 14.8 Å². The van der Waals surface area contributed by atoms with Crippen LogP contribution in [-0.4, -0.2) is 53.7 Å². The Hall–Kier alpha value is -2.60. The summed E-state index contributed by atoms with van der Waals surface area (Å²) >= 11 is 0. The Morgan fingerprint density at radius 2 is 1.88 bits per heavy atom. The van der Waals surface area contributed by atoms with Crippen molar-refractivity contribution in [1.29, 1.82) is 0 Å². The van der Waals surface area contributed by atoms with Crippen molar-refractivity contribution < 1.29 is 14.3 Å². The standard InChI is InChI=1S/C19H21N3O3/c23-19(11-15-2-1-5-20-12-15)22-8-6-21(7-9-22)13-16-3-4-17-18(10-16)25-14-24-17/h1-5,10,12H,6-9,11,13-14H2. The quantitative estimate of drug-likeness (QED) is 0.849. The van der Waals surface area contributed by atoms with Gasteiger partial charge in [0.2, 0.25) is 12.7 Å².